The van der Waals surface area contributed by atoms with Crippen LogP contribution >= 0.6 is 0 Å². The zero-order valence-electron chi connectivity index (χ0n) is 9.31. The molecule has 1 fully saturated rings. The fourth-order valence-electron chi connectivity index (χ4n) is 1.90. The lowest BCUT2D eigenvalue weighted by Gasteiger charge is -2.31. The number of nitrogens with two attached hydrogens (primary N) is 1. The van der Waals surface area contributed by atoms with Crippen LogP contribution in [0.5, 0.6) is 0 Å². The van der Waals surface area contributed by atoms with Crippen molar-refractivity contribution in [2.45, 2.75) is 35.2 Å². The Balaban J connectivity index is 2.34. The van der Waals surface area contributed by atoms with E-state index in [0.29, 0.717) is 18.9 Å². The highest BCUT2D eigenvalue weighted by atomic mass is 32.2. The monoisotopic (exact) mass is 279 g/mol. The first-order chi connectivity index (χ1) is 8.21. The Hall–Kier alpha value is -1.08. The van der Waals surface area contributed by atoms with Gasteiger partial charge >= 0.3 is 6.18 Å². The molecule has 1 aliphatic rings. The van der Waals surface area contributed by atoms with Crippen LogP contribution in [-0.4, -0.2) is 19.7 Å². The molecule has 7 heteroatoms. The van der Waals surface area contributed by atoms with E-state index in [9.17, 15) is 21.6 Å². The second kappa shape index (κ2) is 4.24. The minimum Gasteiger partial charge on any atom is -0.328 e. The van der Waals surface area contributed by atoms with Crippen molar-refractivity contribution in [1.82, 2.24) is 0 Å². The summed E-state index contributed by atoms with van der Waals surface area (Å²) in [5.41, 5.74) is 4.55. The molecule has 0 atom stereocenters. The lowest BCUT2D eigenvalue weighted by Crippen LogP contribution is -2.44. The smallest absolute Gasteiger partial charge is 0.328 e. The number of benzene rings is 1. The van der Waals surface area contributed by atoms with E-state index in [0.717, 1.165) is 12.1 Å². The summed E-state index contributed by atoms with van der Waals surface area (Å²) in [6, 6.07) is 3.66. The van der Waals surface area contributed by atoms with Crippen LogP contribution in [0.25, 0.3) is 0 Å². The summed E-state index contributed by atoms with van der Waals surface area (Å²) >= 11 is 0. The molecule has 2 N–H and O–H groups in total. The molecule has 0 amide bonds. The standard InChI is InChI=1S/C11H12F3NO2S/c12-11(13,14)7-2-1-3-9(4-7)18(16,17)10-5-8(15)6-10/h1-4,8,10H,5-6,15H2. The van der Waals surface area contributed by atoms with Crippen molar-refractivity contribution in [1.29, 1.82) is 0 Å². The van der Waals surface area contributed by atoms with Gasteiger partial charge in [0.25, 0.3) is 0 Å². The molecule has 1 saturated carbocycles. The van der Waals surface area contributed by atoms with Crippen LogP contribution < -0.4 is 5.73 Å². The van der Waals surface area contributed by atoms with Crippen LogP contribution in [0.2, 0.25) is 0 Å². The molecule has 0 bridgehead atoms. The summed E-state index contributed by atoms with van der Waals surface area (Å²) in [5.74, 6) is 0. The molecule has 0 radical (unpaired) electrons. The van der Waals surface area contributed by atoms with E-state index in [1.807, 2.05) is 0 Å². The van der Waals surface area contributed by atoms with E-state index in [-0.39, 0.29) is 10.9 Å². The molecule has 0 spiro atoms. The number of sulfone groups is 1. The van der Waals surface area contributed by atoms with Gasteiger partial charge in [-0.05, 0) is 31.0 Å². The summed E-state index contributed by atoms with van der Waals surface area (Å²) in [4.78, 5) is -0.283. The van der Waals surface area contributed by atoms with Crippen molar-refractivity contribution in [3.05, 3.63) is 29.8 Å². The maximum Gasteiger partial charge on any atom is 0.416 e. The zero-order valence-corrected chi connectivity index (χ0v) is 10.1. The van der Waals surface area contributed by atoms with E-state index in [1.54, 1.807) is 0 Å². The Labute approximate surface area is 103 Å². The Morgan fingerprint density at radius 3 is 2.33 bits per heavy atom. The Morgan fingerprint density at radius 2 is 1.83 bits per heavy atom. The minimum absolute atomic E-state index is 0.171. The zero-order chi connectivity index (χ0) is 13.6. The van der Waals surface area contributed by atoms with Crippen molar-refractivity contribution < 1.29 is 21.6 Å². The summed E-state index contributed by atoms with van der Waals surface area (Å²) in [6.07, 6.45) is -3.93. The van der Waals surface area contributed by atoms with Crippen LogP contribution in [0.1, 0.15) is 18.4 Å². The van der Waals surface area contributed by atoms with E-state index < -0.39 is 26.8 Å². The van der Waals surface area contributed by atoms with Gasteiger partial charge in [0, 0.05) is 6.04 Å². The summed E-state index contributed by atoms with van der Waals surface area (Å²) in [5, 5.41) is -0.656. The highest BCUT2D eigenvalue weighted by molar-refractivity contribution is 7.92. The SMILES string of the molecule is NC1CC(S(=O)(=O)c2cccc(C(F)(F)F)c2)C1. The molecular weight excluding hydrogens is 267 g/mol. The van der Waals surface area contributed by atoms with Gasteiger partial charge in [0.05, 0.1) is 15.7 Å². The number of alkyl halides is 3. The van der Waals surface area contributed by atoms with E-state index in [4.69, 9.17) is 5.73 Å². The molecular formula is C11H12F3NO2S. The predicted octanol–water partition coefficient (Wildman–Crippen LogP) is 1.97. The third kappa shape index (κ3) is 2.37. The van der Waals surface area contributed by atoms with Crippen LogP contribution in [0.15, 0.2) is 29.2 Å². The lowest BCUT2D eigenvalue weighted by atomic mass is 9.93. The first-order valence-electron chi connectivity index (χ1n) is 5.38. The fourth-order valence-corrected chi connectivity index (χ4v) is 3.85. The third-order valence-corrected chi connectivity index (χ3v) is 5.23. The van der Waals surface area contributed by atoms with Crippen LogP contribution in [0.3, 0.4) is 0 Å². The second-order valence-electron chi connectivity index (χ2n) is 4.42. The van der Waals surface area contributed by atoms with Gasteiger partial charge in [-0.1, -0.05) is 6.07 Å². The maximum absolute atomic E-state index is 12.5. The molecule has 18 heavy (non-hydrogen) atoms. The Bertz CT molecular complexity index is 548. The summed E-state index contributed by atoms with van der Waals surface area (Å²) in [6.45, 7) is 0. The fraction of sp³-hybridized carbons (Fsp3) is 0.455. The second-order valence-corrected chi connectivity index (χ2v) is 6.65. The van der Waals surface area contributed by atoms with Crippen molar-refractivity contribution in [3.8, 4) is 0 Å². The molecule has 3 nitrogen and oxygen atoms in total. The van der Waals surface area contributed by atoms with Crippen molar-refractivity contribution in [3.63, 3.8) is 0 Å². The van der Waals surface area contributed by atoms with Gasteiger partial charge in [-0.15, -0.1) is 0 Å². The molecule has 1 aliphatic carbocycles. The number of hydrogen-bond acceptors (Lipinski definition) is 3. The van der Waals surface area contributed by atoms with Gasteiger partial charge in [-0.2, -0.15) is 13.2 Å². The van der Waals surface area contributed by atoms with Gasteiger partial charge in [0.2, 0.25) is 0 Å². The van der Waals surface area contributed by atoms with Gasteiger partial charge in [-0.3, -0.25) is 0 Å². The van der Waals surface area contributed by atoms with E-state index in [2.05, 4.69) is 0 Å². The van der Waals surface area contributed by atoms with Crippen molar-refractivity contribution in [2.75, 3.05) is 0 Å². The van der Waals surface area contributed by atoms with Crippen LogP contribution in [0.4, 0.5) is 13.2 Å². The summed E-state index contributed by atoms with van der Waals surface area (Å²) in [7, 11) is -3.70. The average molecular weight is 279 g/mol. The van der Waals surface area contributed by atoms with Crippen LogP contribution in [-0.2, 0) is 16.0 Å². The topological polar surface area (TPSA) is 60.2 Å². The third-order valence-electron chi connectivity index (χ3n) is 3.06. The van der Waals surface area contributed by atoms with Gasteiger partial charge in [-0.25, -0.2) is 8.42 Å². The molecule has 0 saturated heterocycles. The molecule has 2 rings (SSSR count). The van der Waals surface area contributed by atoms with Crippen molar-refractivity contribution >= 4 is 9.84 Å². The molecule has 1 aromatic rings. The predicted molar refractivity (Wildman–Crippen MR) is 59.6 cm³/mol. The minimum atomic E-state index is -4.54. The maximum atomic E-state index is 12.5. The van der Waals surface area contributed by atoms with Crippen molar-refractivity contribution in [2.24, 2.45) is 5.73 Å². The first kappa shape index (κ1) is 13.4. The number of halogens is 3. The van der Waals surface area contributed by atoms with Gasteiger partial charge in [0.15, 0.2) is 9.84 Å². The van der Waals surface area contributed by atoms with E-state index in [1.165, 1.54) is 6.07 Å². The molecule has 0 aliphatic heterocycles. The highest BCUT2D eigenvalue weighted by Gasteiger charge is 2.39. The Kier molecular flexibility index (Phi) is 3.14. The summed E-state index contributed by atoms with van der Waals surface area (Å²) < 4.78 is 61.5. The average Bonchev–Trinajstić information content (AvgIpc) is 2.24. The van der Waals surface area contributed by atoms with Crippen LogP contribution in [0, 0.1) is 0 Å². The quantitative estimate of drug-likeness (QED) is 0.900. The molecule has 0 unspecified atom stereocenters. The van der Waals surface area contributed by atoms with Gasteiger partial charge < -0.3 is 5.73 Å². The largest absolute Gasteiger partial charge is 0.416 e. The Morgan fingerprint density at radius 1 is 1.22 bits per heavy atom. The number of rotatable bonds is 2. The van der Waals surface area contributed by atoms with Gasteiger partial charge in [0.1, 0.15) is 0 Å². The van der Waals surface area contributed by atoms with E-state index >= 15 is 0 Å². The number of hydrogen-bond donors (Lipinski definition) is 1. The normalized spacial score (nSPS) is 24.7. The molecule has 0 aromatic heterocycles. The lowest BCUT2D eigenvalue weighted by molar-refractivity contribution is -0.137. The molecule has 0 heterocycles. The molecule has 100 valence electrons. The molecule has 1 aromatic carbocycles. The highest BCUT2D eigenvalue weighted by Crippen LogP contribution is 2.34. The first-order valence-corrected chi connectivity index (χ1v) is 6.92.